The third-order valence-corrected chi connectivity index (χ3v) is 2.69. The predicted molar refractivity (Wildman–Crippen MR) is 67.6 cm³/mol. The number of hydrogen-bond acceptors (Lipinski definition) is 5. The number of aromatic hydroxyl groups is 3. The molecule has 0 aliphatic heterocycles. The average molecular weight is 258 g/mol. The summed E-state index contributed by atoms with van der Waals surface area (Å²) in [7, 11) is 0. The largest absolute Gasteiger partial charge is 0.508 e. The molecular weight excluding hydrogens is 248 g/mol. The van der Waals surface area contributed by atoms with Crippen LogP contribution in [0.2, 0.25) is 0 Å². The summed E-state index contributed by atoms with van der Waals surface area (Å²) in [6, 6.07) is 6.32. The Morgan fingerprint density at radius 1 is 0.842 bits per heavy atom. The van der Waals surface area contributed by atoms with Gasteiger partial charge in [-0.05, 0) is 6.07 Å². The molecule has 2 aromatic rings. The zero-order valence-corrected chi connectivity index (χ0v) is 9.70. The maximum atomic E-state index is 11.0. The van der Waals surface area contributed by atoms with E-state index in [0.29, 0.717) is 18.1 Å². The lowest BCUT2D eigenvalue weighted by molar-refractivity contribution is 0.111. The highest BCUT2D eigenvalue weighted by atomic mass is 16.3. The Labute approximate surface area is 108 Å². The van der Waals surface area contributed by atoms with Crippen LogP contribution in [0.4, 0.5) is 0 Å². The van der Waals surface area contributed by atoms with Crippen molar-refractivity contribution < 1.29 is 24.9 Å². The minimum atomic E-state index is -0.386. The van der Waals surface area contributed by atoms with Crippen LogP contribution < -0.4 is 0 Å². The molecule has 0 amide bonds. The molecule has 0 aliphatic carbocycles. The fraction of sp³-hybridized carbons (Fsp3) is 0. The summed E-state index contributed by atoms with van der Waals surface area (Å²) >= 11 is 0. The van der Waals surface area contributed by atoms with Gasteiger partial charge in [-0.3, -0.25) is 9.59 Å². The minimum Gasteiger partial charge on any atom is -0.508 e. The fourth-order valence-electron chi connectivity index (χ4n) is 1.84. The predicted octanol–water partition coefficient (Wildman–Crippen LogP) is 2.10. The van der Waals surface area contributed by atoms with E-state index in [-0.39, 0.29) is 33.9 Å². The number of carbonyl (C=O) groups excluding carboxylic acids is 2. The van der Waals surface area contributed by atoms with E-state index in [2.05, 4.69) is 0 Å². The number of carbonyl (C=O) groups is 2. The maximum absolute atomic E-state index is 11.0. The highest BCUT2D eigenvalue weighted by molar-refractivity contribution is 5.94. The Morgan fingerprint density at radius 2 is 1.47 bits per heavy atom. The molecule has 5 heteroatoms. The van der Waals surface area contributed by atoms with Gasteiger partial charge in [-0.1, -0.05) is 12.1 Å². The molecule has 0 unspecified atom stereocenters. The Hall–Kier alpha value is -2.82. The highest BCUT2D eigenvalue weighted by Crippen LogP contribution is 2.41. The summed E-state index contributed by atoms with van der Waals surface area (Å²) in [6.45, 7) is 0. The van der Waals surface area contributed by atoms with Crippen LogP contribution in [0.1, 0.15) is 20.7 Å². The molecule has 0 bridgehead atoms. The molecule has 0 atom stereocenters. The molecule has 0 heterocycles. The second-order valence-electron chi connectivity index (χ2n) is 3.94. The lowest BCUT2D eigenvalue weighted by Crippen LogP contribution is -1.91. The van der Waals surface area contributed by atoms with Gasteiger partial charge in [-0.25, -0.2) is 0 Å². The summed E-state index contributed by atoms with van der Waals surface area (Å²) in [5, 5.41) is 28.8. The third-order valence-electron chi connectivity index (χ3n) is 2.69. The first-order valence-electron chi connectivity index (χ1n) is 5.36. The number of rotatable bonds is 3. The molecule has 5 nitrogen and oxygen atoms in total. The molecule has 0 aromatic heterocycles. The first-order chi connectivity index (χ1) is 9.06. The summed E-state index contributed by atoms with van der Waals surface area (Å²) in [4.78, 5) is 21.7. The number of phenols is 3. The van der Waals surface area contributed by atoms with E-state index in [1.165, 1.54) is 18.2 Å². The van der Waals surface area contributed by atoms with Crippen LogP contribution in [0.25, 0.3) is 11.1 Å². The van der Waals surface area contributed by atoms with Crippen LogP contribution in [-0.4, -0.2) is 27.9 Å². The van der Waals surface area contributed by atoms with Crippen LogP contribution >= 0.6 is 0 Å². The quantitative estimate of drug-likeness (QED) is 0.733. The molecule has 3 N–H and O–H groups in total. The summed E-state index contributed by atoms with van der Waals surface area (Å²) < 4.78 is 0. The Bertz CT molecular complexity index is 638. The van der Waals surface area contributed by atoms with E-state index in [0.717, 1.165) is 12.1 Å². The van der Waals surface area contributed by atoms with Crippen LogP contribution in [-0.2, 0) is 0 Å². The van der Waals surface area contributed by atoms with E-state index >= 15 is 0 Å². The number of benzene rings is 2. The molecule has 19 heavy (non-hydrogen) atoms. The van der Waals surface area contributed by atoms with Crippen molar-refractivity contribution in [2.24, 2.45) is 0 Å². The van der Waals surface area contributed by atoms with Crippen molar-refractivity contribution in [1.29, 1.82) is 0 Å². The Morgan fingerprint density at radius 3 is 2.00 bits per heavy atom. The molecule has 0 fully saturated rings. The van der Waals surface area contributed by atoms with E-state index < -0.39 is 0 Å². The van der Waals surface area contributed by atoms with Crippen LogP contribution in [0, 0.1) is 0 Å². The van der Waals surface area contributed by atoms with Crippen molar-refractivity contribution >= 4 is 12.6 Å². The normalized spacial score (nSPS) is 10.1. The lowest BCUT2D eigenvalue weighted by Gasteiger charge is -2.10. The zero-order chi connectivity index (χ0) is 14.0. The van der Waals surface area contributed by atoms with E-state index in [1.807, 2.05) is 0 Å². The highest BCUT2D eigenvalue weighted by Gasteiger charge is 2.16. The standard InChI is InChI=1S/C14H10O5/c15-6-8-1-2-9(7-16)11(3-8)14-12(18)4-10(17)5-13(14)19/h1-7,17-19H. The number of hydrogen-bond donors (Lipinski definition) is 3. The molecule has 0 saturated heterocycles. The first kappa shape index (κ1) is 12.6. The van der Waals surface area contributed by atoms with Gasteiger partial charge in [0.1, 0.15) is 23.5 Å². The van der Waals surface area contributed by atoms with Crippen molar-refractivity contribution in [2.75, 3.05) is 0 Å². The molecule has 0 radical (unpaired) electrons. The smallest absolute Gasteiger partial charge is 0.150 e. The van der Waals surface area contributed by atoms with Crippen LogP contribution in [0.3, 0.4) is 0 Å². The first-order valence-corrected chi connectivity index (χ1v) is 5.36. The molecule has 2 aromatic carbocycles. The topological polar surface area (TPSA) is 94.8 Å². The summed E-state index contributed by atoms with van der Waals surface area (Å²) in [5.74, 6) is -1.08. The van der Waals surface area contributed by atoms with Crippen molar-refractivity contribution in [2.45, 2.75) is 0 Å². The van der Waals surface area contributed by atoms with Gasteiger partial charge in [0.05, 0.1) is 5.56 Å². The number of phenolic OH excluding ortho intramolecular Hbond substituents is 3. The zero-order valence-electron chi connectivity index (χ0n) is 9.70. The second kappa shape index (κ2) is 4.81. The molecule has 96 valence electrons. The summed E-state index contributed by atoms with van der Waals surface area (Å²) in [5.41, 5.74) is 0.715. The second-order valence-corrected chi connectivity index (χ2v) is 3.94. The van der Waals surface area contributed by atoms with E-state index in [9.17, 15) is 24.9 Å². The van der Waals surface area contributed by atoms with Gasteiger partial charge in [0, 0.05) is 28.8 Å². The minimum absolute atomic E-state index is 0.0106. The molecule has 2 rings (SSSR count). The van der Waals surface area contributed by atoms with Crippen molar-refractivity contribution in [3.63, 3.8) is 0 Å². The van der Waals surface area contributed by atoms with Crippen LogP contribution in [0.15, 0.2) is 30.3 Å². The maximum Gasteiger partial charge on any atom is 0.150 e. The monoisotopic (exact) mass is 258 g/mol. The molecular formula is C14H10O5. The van der Waals surface area contributed by atoms with Crippen LogP contribution in [0.5, 0.6) is 17.2 Å². The Balaban J connectivity index is 2.77. The van der Waals surface area contributed by atoms with Crippen molar-refractivity contribution in [3.05, 3.63) is 41.5 Å². The van der Waals surface area contributed by atoms with Gasteiger partial charge < -0.3 is 15.3 Å². The number of aldehydes is 2. The van der Waals surface area contributed by atoms with Crippen molar-refractivity contribution in [3.8, 4) is 28.4 Å². The van der Waals surface area contributed by atoms with Gasteiger partial charge >= 0.3 is 0 Å². The molecule has 0 aliphatic rings. The average Bonchev–Trinajstić information content (AvgIpc) is 2.37. The van der Waals surface area contributed by atoms with Gasteiger partial charge in [0.2, 0.25) is 0 Å². The van der Waals surface area contributed by atoms with Crippen molar-refractivity contribution in [1.82, 2.24) is 0 Å². The van der Waals surface area contributed by atoms with Gasteiger partial charge in [0.25, 0.3) is 0 Å². The molecule has 0 spiro atoms. The van der Waals surface area contributed by atoms with Gasteiger partial charge in [-0.15, -0.1) is 0 Å². The Kier molecular flexibility index (Phi) is 3.20. The third kappa shape index (κ3) is 2.26. The summed E-state index contributed by atoms with van der Waals surface area (Å²) in [6.07, 6.45) is 1.14. The molecule has 0 saturated carbocycles. The van der Waals surface area contributed by atoms with Gasteiger partial charge in [-0.2, -0.15) is 0 Å². The lowest BCUT2D eigenvalue weighted by atomic mass is 9.96. The fourth-order valence-corrected chi connectivity index (χ4v) is 1.84. The van der Waals surface area contributed by atoms with E-state index in [1.54, 1.807) is 0 Å². The SMILES string of the molecule is O=Cc1ccc(C=O)c(-c2c(O)cc(O)cc2O)c1. The van der Waals surface area contributed by atoms with E-state index in [4.69, 9.17) is 0 Å². The van der Waals surface area contributed by atoms with Gasteiger partial charge in [0.15, 0.2) is 6.29 Å².